The monoisotopic (exact) mass is 226 g/mol. The van der Waals surface area contributed by atoms with Gasteiger partial charge in [-0.3, -0.25) is 10.1 Å². The smallest absolute Gasteiger partial charge is 0.292 e. The van der Waals surface area contributed by atoms with Crippen molar-refractivity contribution < 1.29 is 15.1 Å². The summed E-state index contributed by atoms with van der Waals surface area (Å²) in [5.74, 6) is 0. The van der Waals surface area contributed by atoms with E-state index in [4.69, 9.17) is 10.2 Å². The van der Waals surface area contributed by atoms with E-state index in [-0.39, 0.29) is 24.9 Å². The maximum Gasteiger partial charge on any atom is 0.292 e. The molecule has 0 spiro atoms. The normalized spacial score (nSPS) is 12.2. The average Bonchev–Trinajstić information content (AvgIpc) is 2.29. The number of nitro groups is 1. The second kappa shape index (κ2) is 5.43. The zero-order chi connectivity index (χ0) is 12.1. The lowest BCUT2D eigenvalue weighted by molar-refractivity contribution is -0.384. The molecule has 1 rings (SSSR count). The fourth-order valence-electron chi connectivity index (χ4n) is 1.26. The molecule has 0 amide bonds. The van der Waals surface area contributed by atoms with Gasteiger partial charge in [0, 0.05) is 12.1 Å². The second-order valence-electron chi connectivity index (χ2n) is 3.49. The molecule has 0 aromatic heterocycles. The van der Waals surface area contributed by atoms with Gasteiger partial charge in [0.05, 0.1) is 18.1 Å². The average molecular weight is 226 g/mol. The molecule has 0 saturated carbocycles. The largest absolute Gasteiger partial charge is 0.394 e. The van der Waals surface area contributed by atoms with Gasteiger partial charge in [-0.1, -0.05) is 6.07 Å². The second-order valence-corrected chi connectivity index (χ2v) is 3.49. The van der Waals surface area contributed by atoms with E-state index in [1.807, 2.05) is 0 Å². The molecule has 0 saturated heterocycles. The summed E-state index contributed by atoms with van der Waals surface area (Å²) in [6, 6.07) is 4.17. The van der Waals surface area contributed by atoms with Crippen LogP contribution < -0.4 is 5.32 Å². The first kappa shape index (κ1) is 12.4. The molecule has 6 nitrogen and oxygen atoms in total. The highest BCUT2D eigenvalue weighted by Crippen LogP contribution is 2.26. The first-order chi connectivity index (χ1) is 7.58. The van der Waals surface area contributed by atoms with E-state index >= 15 is 0 Å². The summed E-state index contributed by atoms with van der Waals surface area (Å²) in [6.07, 6.45) is 0. The molecule has 0 bridgehead atoms. The van der Waals surface area contributed by atoms with Crippen LogP contribution >= 0.6 is 0 Å². The highest BCUT2D eigenvalue weighted by atomic mass is 16.6. The Balaban J connectivity index is 3.03. The molecule has 16 heavy (non-hydrogen) atoms. The first-order valence-electron chi connectivity index (χ1n) is 4.84. The Kier molecular flexibility index (Phi) is 4.21. The summed E-state index contributed by atoms with van der Waals surface area (Å²) >= 11 is 0. The fraction of sp³-hybridized carbons (Fsp3) is 0.400. The SMILES string of the molecule is C[C@H](CO)Nc1ccc(CO)cc1[N+](=O)[O-]. The fourth-order valence-corrected chi connectivity index (χ4v) is 1.26. The Bertz CT molecular complexity index is 381. The van der Waals surface area contributed by atoms with Crippen molar-refractivity contribution in [1.29, 1.82) is 0 Å². The Hall–Kier alpha value is -1.66. The van der Waals surface area contributed by atoms with Crippen molar-refractivity contribution in [2.24, 2.45) is 0 Å². The number of benzene rings is 1. The predicted octanol–water partition coefficient (Wildman–Crippen LogP) is 0.880. The zero-order valence-electron chi connectivity index (χ0n) is 8.88. The number of nitrogens with one attached hydrogen (secondary N) is 1. The van der Waals surface area contributed by atoms with Crippen LogP contribution in [-0.4, -0.2) is 27.8 Å². The van der Waals surface area contributed by atoms with Crippen LogP contribution in [0.4, 0.5) is 11.4 Å². The lowest BCUT2D eigenvalue weighted by Crippen LogP contribution is -2.20. The lowest BCUT2D eigenvalue weighted by atomic mass is 10.1. The molecule has 1 aromatic carbocycles. The molecule has 0 unspecified atom stereocenters. The summed E-state index contributed by atoms with van der Waals surface area (Å²) in [7, 11) is 0. The highest BCUT2D eigenvalue weighted by molar-refractivity contribution is 5.63. The summed E-state index contributed by atoms with van der Waals surface area (Å²) in [5.41, 5.74) is 0.713. The van der Waals surface area contributed by atoms with E-state index in [2.05, 4.69) is 5.32 Å². The van der Waals surface area contributed by atoms with Gasteiger partial charge in [-0.2, -0.15) is 0 Å². The van der Waals surface area contributed by atoms with Gasteiger partial charge in [0.25, 0.3) is 5.69 Å². The minimum Gasteiger partial charge on any atom is -0.394 e. The van der Waals surface area contributed by atoms with Crippen LogP contribution in [0.25, 0.3) is 0 Å². The van der Waals surface area contributed by atoms with Crippen molar-refractivity contribution in [3.8, 4) is 0 Å². The molecule has 0 fully saturated rings. The van der Waals surface area contributed by atoms with Gasteiger partial charge in [0.15, 0.2) is 0 Å². The van der Waals surface area contributed by atoms with Crippen LogP contribution in [0.5, 0.6) is 0 Å². The third-order valence-corrected chi connectivity index (χ3v) is 2.12. The van der Waals surface area contributed by atoms with Crippen LogP contribution in [0.15, 0.2) is 18.2 Å². The number of hydrogen-bond acceptors (Lipinski definition) is 5. The summed E-state index contributed by atoms with van der Waals surface area (Å²) in [5, 5.41) is 31.3. The topological polar surface area (TPSA) is 95.6 Å². The molecule has 0 aliphatic heterocycles. The molecule has 0 radical (unpaired) electrons. The minimum atomic E-state index is -0.522. The van der Waals surface area contributed by atoms with Crippen molar-refractivity contribution in [3.63, 3.8) is 0 Å². The van der Waals surface area contributed by atoms with Gasteiger partial charge in [0.2, 0.25) is 0 Å². The van der Waals surface area contributed by atoms with E-state index in [0.717, 1.165) is 0 Å². The number of nitrogens with zero attached hydrogens (tertiary/aromatic N) is 1. The third-order valence-electron chi connectivity index (χ3n) is 2.12. The molecule has 3 N–H and O–H groups in total. The summed E-state index contributed by atoms with van der Waals surface area (Å²) in [6.45, 7) is 1.36. The number of rotatable bonds is 5. The van der Waals surface area contributed by atoms with E-state index in [1.165, 1.54) is 12.1 Å². The van der Waals surface area contributed by atoms with Crippen molar-refractivity contribution in [2.45, 2.75) is 19.6 Å². The van der Waals surface area contributed by atoms with E-state index in [9.17, 15) is 10.1 Å². The Morgan fingerprint density at radius 1 is 1.50 bits per heavy atom. The van der Waals surface area contributed by atoms with Crippen molar-refractivity contribution in [2.75, 3.05) is 11.9 Å². The van der Waals surface area contributed by atoms with Crippen LogP contribution in [0.2, 0.25) is 0 Å². The zero-order valence-corrected chi connectivity index (χ0v) is 8.88. The lowest BCUT2D eigenvalue weighted by Gasteiger charge is -2.12. The van der Waals surface area contributed by atoms with Gasteiger partial charge in [-0.15, -0.1) is 0 Å². The quantitative estimate of drug-likeness (QED) is 0.511. The van der Waals surface area contributed by atoms with E-state index < -0.39 is 4.92 Å². The Morgan fingerprint density at radius 3 is 2.69 bits per heavy atom. The number of hydrogen-bond donors (Lipinski definition) is 3. The van der Waals surface area contributed by atoms with E-state index in [1.54, 1.807) is 13.0 Å². The van der Waals surface area contributed by atoms with E-state index in [0.29, 0.717) is 11.3 Å². The number of aliphatic hydroxyl groups is 2. The standard InChI is InChI=1S/C10H14N2O4/c1-7(5-13)11-9-3-2-8(6-14)4-10(9)12(15)16/h2-4,7,11,13-14H,5-6H2,1H3/t7-/m1/s1. The number of anilines is 1. The Morgan fingerprint density at radius 2 is 2.19 bits per heavy atom. The van der Waals surface area contributed by atoms with Crippen molar-refractivity contribution in [1.82, 2.24) is 0 Å². The van der Waals surface area contributed by atoms with Gasteiger partial charge in [-0.05, 0) is 18.6 Å². The molecular weight excluding hydrogens is 212 g/mol. The van der Waals surface area contributed by atoms with Crippen molar-refractivity contribution in [3.05, 3.63) is 33.9 Å². The van der Waals surface area contributed by atoms with Crippen LogP contribution in [0.1, 0.15) is 12.5 Å². The summed E-state index contributed by atoms with van der Waals surface area (Å²) in [4.78, 5) is 10.3. The minimum absolute atomic E-state index is 0.105. The molecule has 1 aromatic rings. The molecule has 0 heterocycles. The first-order valence-corrected chi connectivity index (χ1v) is 4.84. The van der Waals surface area contributed by atoms with Crippen LogP contribution in [0.3, 0.4) is 0 Å². The number of nitro benzene ring substituents is 1. The molecule has 0 aliphatic rings. The van der Waals surface area contributed by atoms with Crippen LogP contribution in [0, 0.1) is 10.1 Å². The molecule has 1 atom stereocenters. The third kappa shape index (κ3) is 2.91. The predicted molar refractivity (Wildman–Crippen MR) is 59.2 cm³/mol. The molecule has 6 heteroatoms. The molecular formula is C10H14N2O4. The Labute approximate surface area is 92.7 Å². The van der Waals surface area contributed by atoms with Gasteiger partial charge in [0.1, 0.15) is 5.69 Å². The maximum atomic E-state index is 10.8. The number of aliphatic hydroxyl groups excluding tert-OH is 2. The van der Waals surface area contributed by atoms with Crippen molar-refractivity contribution >= 4 is 11.4 Å². The van der Waals surface area contributed by atoms with Gasteiger partial charge in [-0.25, -0.2) is 0 Å². The maximum absolute atomic E-state index is 10.8. The molecule has 88 valence electrons. The summed E-state index contributed by atoms with van der Waals surface area (Å²) < 4.78 is 0. The molecule has 0 aliphatic carbocycles. The van der Waals surface area contributed by atoms with Gasteiger partial charge >= 0.3 is 0 Å². The van der Waals surface area contributed by atoms with Gasteiger partial charge < -0.3 is 15.5 Å². The highest BCUT2D eigenvalue weighted by Gasteiger charge is 2.15. The van der Waals surface area contributed by atoms with Crippen LogP contribution in [-0.2, 0) is 6.61 Å².